The van der Waals surface area contributed by atoms with Crippen molar-refractivity contribution in [2.75, 3.05) is 39.8 Å². The highest BCUT2D eigenvalue weighted by Gasteiger charge is 2.18. The van der Waals surface area contributed by atoms with Crippen molar-refractivity contribution in [2.45, 2.75) is 19.9 Å². The highest BCUT2D eigenvalue weighted by Crippen LogP contribution is 2.34. The van der Waals surface area contributed by atoms with Crippen LogP contribution in [0.2, 0.25) is 5.02 Å². The molecule has 0 radical (unpaired) electrons. The Balaban J connectivity index is 1.99. The molecular formula is C15H23ClN2O2. The van der Waals surface area contributed by atoms with E-state index in [9.17, 15) is 5.11 Å². The van der Waals surface area contributed by atoms with E-state index in [1.54, 1.807) is 13.2 Å². The highest BCUT2D eigenvalue weighted by atomic mass is 35.5. The molecule has 5 heteroatoms. The lowest BCUT2D eigenvalue weighted by molar-refractivity contribution is 0.126. The van der Waals surface area contributed by atoms with Crippen LogP contribution in [0.15, 0.2) is 12.1 Å². The maximum Gasteiger partial charge on any atom is 0.162 e. The SMILES string of the molecule is CCCN1CCN(Cc2cc(Cl)cc(OC)c2O)CC1. The molecule has 1 saturated heterocycles. The normalized spacial score (nSPS) is 17.4. The molecule has 0 spiro atoms. The average Bonchev–Trinajstić information content (AvgIpc) is 2.45. The molecule has 1 aromatic carbocycles. The van der Waals surface area contributed by atoms with Crippen LogP contribution in [0.3, 0.4) is 0 Å². The smallest absolute Gasteiger partial charge is 0.162 e. The Morgan fingerprint density at radius 2 is 1.85 bits per heavy atom. The minimum Gasteiger partial charge on any atom is -0.504 e. The lowest BCUT2D eigenvalue weighted by atomic mass is 10.1. The van der Waals surface area contributed by atoms with Crippen molar-refractivity contribution in [3.05, 3.63) is 22.7 Å². The Morgan fingerprint density at radius 3 is 2.45 bits per heavy atom. The number of piperazine rings is 1. The van der Waals surface area contributed by atoms with E-state index in [1.165, 1.54) is 13.0 Å². The lowest BCUT2D eigenvalue weighted by Crippen LogP contribution is -2.45. The monoisotopic (exact) mass is 298 g/mol. The fourth-order valence-electron chi connectivity index (χ4n) is 2.63. The first-order valence-corrected chi connectivity index (χ1v) is 7.52. The van der Waals surface area contributed by atoms with Crippen LogP contribution in [0, 0.1) is 0 Å². The number of benzene rings is 1. The van der Waals surface area contributed by atoms with Gasteiger partial charge in [-0.3, -0.25) is 4.90 Å². The summed E-state index contributed by atoms with van der Waals surface area (Å²) >= 11 is 6.06. The number of rotatable bonds is 5. The second kappa shape index (κ2) is 7.16. The fourth-order valence-corrected chi connectivity index (χ4v) is 2.86. The molecule has 1 N–H and O–H groups in total. The molecule has 112 valence electrons. The van der Waals surface area contributed by atoms with E-state index in [0.29, 0.717) is 17.3 Å². The van der Waals surface area contributed by atoms with Gasteiger partial charge in [-0.2, -0.15) is 0 Å². The number of hydrogen-bond donors (Lipinski definition) is 1. The van der Waals surface area contributed by atoms with E-state index >= 15 is 0 Å². The standard InChI is InChI=1S/C15H23ClN2O2/c1-3-4-17-5-7-18(8-6-17)11-12-9-13(16)10-14(20-2)15(12)19/h9-10,19H,3-8,11H2,1-2H3. The summed E-state index contributed by atoms with van der Waals surface area (Å²) in [6.07, 6.45) is 1.20. The van der Waals surface area contributed by atoms with Crippen LogP contribution in [0.25, 0.3) is 0 Å². The fraction of sp³-hybridized carbons (Fsp3) is 0.600. The van der Waals surface area contributed by atoms with E-state index in [2.05, 4.69) is 16.7 Å². The van der Waals surface area contributed by atoms with Gasteiger partial charge in [-0.05, 0) is 19.0 Å². The van der Waals surface area contributed by atoms with Crippen LogP contribution < -0.4 is 4.74 Å². The number of phenolic OH excluding ortho intramolecular Hbond substituents is 1. The van der Waals surface area contributed by atoms with Gasteiger partial charge in [-0.25, -0.2) is 0 Å². The zero-order chi connectivity index (χ0) is 14.5. The first-order chi connectivity index (χ1) is 9.63. The third kappa shape index (κ3) is 3.78. The van der Waals surface area contributed by atoms with Crippen molar-refractivity contribution >= 4 is 11.6 Å². The molecule has 1 heterocycles. The van der Waals surface area contributed by atoms with Crippen LogP contribution in [0.1, 0.15) is 18.9 Å². The first-order valence-electron chi connectivity index (χ1n) is 7.14. The number of methoxy groups -OCH3 is 1. The van der Waals surface area contributed by atoms with Gasteiger partial charge >= 0.3 is 0 Å². The molecule has 0 aromatic heterocycles. The predicted octanol–water partition coefficient (Wildman–Crippen LogP) is 2.58. The van der Waals surface area contributed by atoms with E-state index in [4.69, 9.17) is 16.3 Å². The maximum atomic E-state index is 10.2. The Kier molecular flexibility index (Phi) is 5.52. The van der Waals surface area contributed by atoms with Crippen molar-refractivity contribution in [3.63, 3.8) is 0 Å². The number of phenols is 1. The van der Waals surface area contributed by atoms with Gasteiger partial charge in [0.15, 0.2) is 11.5 Å². The van der Waals surface area contributed by atoms with Gasteiger partial charge in [0.25, 0.3) is 0 Å². The summed E-state index contributed by atoms with van der Waals surface area (Å²) in [5, 5.41) is 10.8. The summed E-state index contributed by atoms with van der Waals surface area (Å²) < 4.78 is 5.14. The zero-order valence-electron chi connectivity index (χ0n) is 12.2. The summed E-state index contributed by atoms with van der Waals surface area (Å²) in [5.74, 6) is 0.644. The molecule has 0 saturated carbocycles. The average molecular weight is 299 g/mol. The molecule has 2 rings (SSSR count). The Morgan fingerprint density at radius 1 is 1.20 bits per heavy atom. The predicted molar refractivity (Wildman–Crippen MR) is 81.7 cm³/mol. The van der Waals surface area contributed by atoms with Gasteiger partial charge in [-0.15, -0.1) is 0 Å². The van der Waals surface area contributed by atoms with Crippen molar-refractivity contribution < 1.29 is 9.84 Å². The third-order valence-electron chi connectivity index (χ3n) is 3.74. The zero-order valence-corrected chi connectivity index (χ0v) is 13.0. The largest absolute Gasteiger partial charge is 0.504 e. The van der Waals surface area contributed by atoms with Crippen LogP contribution in [0.4, 0.5) is 0 Å². The second-order valence-electron chi connectivity index (χ2n) is 5.23. The molecule has 4 nitrogen and oxygen atoms in total. The Labute approximate surface area is 125 Å². The Hall–Kier alpha value is -0.970. The van der Waals surface area contributed by atoms with E-state index in [-0.39, 0.29) is 5.75 Å². The van der Waals surface area contributed by atoms with Crippen molar-refractivity contribution in [3.8, 4) is 11.5 Å². The summed E-state index contributed by atoms with van der Waals surface area (Å²) in [5.41, 5.74) is 0.832. The number of aromatic hydroxyl groups is 1. The lowest BCUT2D eigenvalue weighted by Gasteiger charge is -2.34. The maximum absolute atomic E-state index is 10.2. The second-order valence-corrected chi connectivity index (χ2v) is 5.67. The van der Waals surface area contributed by atoms with E-state index in [0.717, 1.165) is 31.7 Å². The molecular weight excluding hydrogens is 276 g/mol. The van der Waals surface area contributed by atoms with E-state index in [1.807, 2.05) is 6.07 Å². The molecule has 0 bridgehead atoms. The van der Waals surface area contributed by atoms with Crippen LogP contribution >= 0.6 is 11.6 Å². The quantitative estimate of drug-likeness (QED) is 0.906. The van der Waals surface area contributed by atoms with E-state index < -0.39 is 0 Å². The molecule has 0 atom stereocenters. The van der Waals surface area contributed by atoms with Gasteiger partial charge in [-0.1, -0.05) is 18.5 Å². The van der Waals surface area contributed by atoms with Crippen LogP contribution in [-0.2, 0) is 6.54 Å². The van der Waals surface area contributed by atoms with Gasteiger partial charge in [0, 0.05) is 49.4 Å². The number of hydrogen-bond acceptors (Lipinski definition) is 4. The summed E-state index contributed by atoms with van der Waals surface area (Å²) in [7, 11) is 1.54. The van der Waals surface area contributed by atoms with Gasteiger partial charge in [0.1, 0.15) is 0 Å². The molecule has 1 aliphatic rings. The molecule has 1 aromatic rings. The highest BCUT2D eigenvalue weighted by molar-refractivity contribution is 6.30. The van der Waals surface area contributed by atoms with Crippen molar-refractivity contribution in [1.29, 1.82) is 0 Å². The summed E-state index contributed by atoms with van der Waals surface area (Å²) in [6, 6.07) is 3.46. The molecule has 0 unspecified atom stereocenters. The minimum absolute atomic E-state index is 0.202. The summed E-state index contributed by atoms with van der Waals surface area (Å²) in [4.78, 5) is 4.83. The third-order valence-corrected chi connectivity index (χ3v) is 3.96. The first kappa shape index (κ1) is 15.4. The molecule has 1 fully saturated rings. The number of halogens is 1. The van der Waals surface area contributed by atoms with Crippen LogP contribution in [0.5, 0.6) is 11.5 Å². The minimum atomic E-state index is 0.202. The Bertz CT molecular complexity index is 446. The van der Waals surface area contributed by atoms with Gasteiger partial charge in [0.05, 0.1) is 7.11 Å². The van der Waals surface area contributed by atoms with Crippen molar-refractivity contribution in [1.82, 2.24) is 9.80 Å². The summed E-state index contributed by atoms with van der Waals surface area (Å²) in [6.45, 7) is 8.32. The molecule has 20 heavy (non-hydrogen) atoms. The topological polar surface area (TPSA) is 35.9 Å². The molecule has 0 aliphatic carbocycles. The van der Waals surface area contributed by atoms with Crippen LogP contribution in [-0.4, -0.2) is 54.7 Å². The number of ether oxygens (including phenoxy) is 1. The van der Waals surface area contributed by atoms with Gasteiger partial charge in [0.2, 0.25) is 0 Å². The molecule has 0 amide bonds. The van der Waals surface area contributed by atoms with Crippen molar-refractivity contribution in [2.24, 2.45) is 0 Å². The molecule has 1 aliphatic heterocycles. The number of nitrogens with zero attached hydrogens (tertiary/aromatic N) is 2. The van der Waals surface area contributed by atoms with Gasteiger partial charge < -0.3 is 14.7 Å².